The molecule has 0 aliphatic heterocycles. The van der Waals surface area contributed by atoms with Crippen molar-refractivity contribution in [2.75, 3.05) is 6.54 Å². The third-order valence-corrected chi connectivity index (χ3v) is 10.8. The van der Waals surface area contributed by atoms with Crippen LogP contribution < -0.4 is 5.73 Å². The van der Waals surface area contributed by atoms with Crippen molar-refractivity contribution in [1.29, 1.82) is 0 Å². The van der Waals surface area contributed by atoms with Crippen molar-refractivity contribution in [2.45, 2.75) is 83.4 Å². The summed E-state index contributed by atoms with van der Waals surface area (Å²) >= 11 is 0. The zero-order valence-electron chi connectivity index (χ0n) is 19.7. The molecular formula is C26H37F3N2O2. The van der Waals surface area contributed by atoms with Crippen LogP contribution in [-0.2, 0) is 4.79 Å². The van der Waals surface area contributed by atoms with Gasteiger partial charge >= 0.3 is 6.18 Å². The van der Waals surface area contributed by atoms with Crippen molar-refractivity contribution in [1.82, 2.24) is 0 Å². The van der Waals surface area contributed by atoms with Crippen LogP contribution in [-0.4, -0.2) is 35.4 Å². The Kier molecular flexibility index (Phi) is 5.36. The first-order valence-corrected chi connectivity index (χ1v) is 12.7. The van der Waals surface area contributed by atoms with E-state index >= 15 is 0 Å². The quantitative estimate of drug-likeness (QED) is 0.569. The van der Waals surface area contributed by atoms with E-state index in [4.69, 9.17) is 5.73 Å². The van der Waals surface area contributed by atoms with Gasteiger partial charge in [0.2, 0.25) is 0 Å². The topological polar surface area (TPSA) is 75.7 Å². The minimum absolute atomic E-state index is 0.0146. The molecule has 4 nitrogen and oxygen atoms in total. The predicted octanol–water partition coefficient (Wildman–Crippen LogP) is 5.05. The molecule has 6 fully saturated rings. The SMILES string of the molecule is C[C@@]1(O)CC[C@H]2[C@H](CC[C@@H]3[C@@H]2CC[C@@]2(C)[C@H]3C3CC2(C(=O)CN=CC=C(N)C(F)(F)F)C3)C1. The molecular weight excluding hydrogens is 429 g/mol. The summed E-state index contributed by atoms with van der Waals surface area (Å²) in [5.41, 5.74) is 2.92. The first-order chi connectivity index (χ1) is 15.4. The van der Waals surface area contributed by atoms with Gasteiger partial charge in [0, 0.05) is 11.6 Å². The molecule has 3 N–H and O–H groups in total. The van der Waals surface area contributed by atoms with E-state index < -0.39 is 17.5 Å². The Hall–Kier alpha value is -1.37. The third kappa shape index (κ3) is 3.51. The molecule has 0 unspecified atom stereocenters. The van der Waals surface area contributed by atoms with Gasteiger partial charge in [0.25, 0.3) is 0 Å². The van der Waals surface area contributed by atoms with E-state index in [-0.39, 0.29) is 23.2 Å². The van der Waals surface area contributed by atoms with E-state index in [1.165, 1.54) is 12.8 Å². The van der Waals surface area contributed by atoms with Crippen molar-refractivity contribution < 1.29 is 23.1 Å². The van der Waals surface area contributed by atoms with E-state index in [2.05, 4.69) is 11.9 Å². The van der Waals surface area contributed by atoms with Crippen molar-refractivity contribution >= 4 is 12.0 Å². The second-order valence-electron chi connectivity index (χ2n) is 12.3. The van der Waals surface area contributed by atoms with E-state index in [9.17, 15) is 23.1 Å². The highest BCUT2D eigenvalue weighted by atomic mass is 19.4. The summed E-state index contributed by atoms with van der Waals surface area (Å²) in [6.07, 6.45) is 6.62. The fourth-order valence-corrected chi connectivity index (χ4v) is 9.37. The molecule has 0 aromatic carbocycles. The number of hydrogen-bond donors (Lipinski definition) is 2. The molecule has 0 amide bonds. The molecule has 0 spiro atoms. The molecule has 0 aromatic heterocycles. The highest BCUT2D eigenvalue weighted by Crippen LogP contribution is 2.78. The molecule has 7 atom stereocenters. The van der Waals surface area contributed by atoms with Gasteiger partial charge in [0.1, 0.15) is 5.70 Å². The smallest absolute Gasteiger partial charge is 0.395 e. The Balaban J connectivity index is 1.29. The van der Waals surface area contributed by atoms with Crippen LogP contribution in [0, 0.1) is 46.3 Å². The van der Waals surface area contributed by atoms with Gasteiger partial charge in [0.15, 0.2) is 5.78 Å². The summed E-state index contributed by atoms with van der Waals surface area (Å²) < 4.78 is 37.6. The van der Waals surface area contributed by atoms with E-state index in [0.29, 0.717) is 29.6 Å². The second kappa shape index (κ2) is 7.56. The van der Waals surface area contributed by atoms with Crippen LogP contribution in [0.25, 0.3) is 0 Å². The third-order valence-electron chi connectivity index (χ3n) is 10.8. The number of halogens is 3. The van der Waals surface area contributed by atoms with Crippen LogP contribution in [0.4, 0.5) is 13.2 Å². The maximum atomic E-state index is 13.4. The number of Topliss-reactive ketones (excluding diaryl/α,β-unsaturated/α-hetero) is 1. The number of fused-ring (bicyclic) bond motifs is 3. The zero-order chi connectivity index (χ0) is 23.8. The van der Waals surface area contributed by atoms with Gasteiger partial charge in [0.05, 0.1) is 12.1 Å². The first-order valence-electron chi connectivity index (χ1n) is 12.7. The molecule has 0 radical (unpaired) electrons. The van der Waals surface area contributed by atoms with Crippen LogP contribution in [0.3, 0.4) is 0 Å². The summed E-state index contributed by atoms with van der Waals surface area (Å²) in [6.45, 7) is 4.25. The van der Waals surface area contributed by atoms with Gasteiger partial charge in [-0.15, -0.1) is 0 Å². The average Bonchev–Trinajstić information content (AvgIpc) is 3.11. The number of rotatable bonds is 4. The molecule has 2 bridgehead atoms. The van der Waals surface area contributed by atoms with Crippen LogP contribution in [0.5, 0.6) is 0 Å². The number of hydrogen-bond acceptors (Lipinski definition) is 4. The molecule has 6 aliphatic rings. The Labute approximate surface area is 194 Å². The summed E-state index contributed by atoms with van der Waals surface area (Å²) in [5.74, 6) is 4.02. The van der Waals surface area contributed by atoms with Crippen molar-refractivity contribution in [3.05, 3.63) is 11.8 Å². The molecule has 7 heteroatoms. The summed E-state index contributed by atoms with van der Waals surface area (Å²) in [6, 6.07) is 0. The summed E-state index contributed by atoms with van der Waals surface area (Å²) in [4.78, 5) is 17.4. The van der Waals surface area contributed by atoms with Crippen molar-refractivity contribution in [2.24, 2.45) is 57.1 Å². The van der Waals surface area contributed by atoms with Crippen LogP contribution >= 0.6 is 0 Å². The largest absolute Gasteiger partial charge is 0.430 e. The number of alkyl halides is 3. The lowest BCUT2D eigenvalue weighted by molar-refractivity contribution is -0.141. The second-order valence-corrected chi connectivity index (χ2v) is 12.3. The standard InChI is InChI=1S/C26H37F3N2O2/c1-23(33)8-5-17-15(11-23)3-4-19-18(17)6-9-24(2)22(19)16-12-25(24,13-16)21(32)14-31-10-7-20(30)26(27,28)29/h7,10,15-19,22,33H,3-6,8-9,11-14,30H2,1-2H3/t15-,16?,17+,18-,19-,22+,23-,24+,25?/m1/s1. The van der Waals surface area contributed by atoms with Gasteiger partial charge in [-0.1, -0.05) is 6.92 Å². The van der Waals surface area contributed by atoms with Crippen molar-refractivity contribution in [3.63, 3.8) is 0 Å². The number of carbonyl (C=O) groups is 1. The number of ketones is 1. The number of aliphatic hydroxyl groups is 1. The van der Waals surface area contributed by atoms with E-state index in [0.717, 1.165) is 63.2 Å². The Morgan fingerprint density at radius 1 is 1.03 bits per heavy atom. The number of allylic oxidation sites excluding steroid dienone is 2. The number of nitrogens with zero attached hydrogens (tertiary/aromatic N) is 1. The average molecular weight is 467 g/mol. The fraction of sp³-hybridized carbons (Fsp3) is 0.846. The number of carbonyl (C=O) groups excluding carboxylic acids is 1. The molecule has 6 rings (SSSR count). The zero-order valence-corrected chi connectivity index (χ0v) is 19.7. The van der Waals surface area contributed by atoms with Gasteiger partial charge in [-0.3, -0.25) is 9.79 Å². The molecule has 0 aromatic rings. The molecule has 0 saturated heterocycles. The monoisotopic (exact) mass is 466 g/mol. The number of nitrogens with two attached hydrogens (primary N) is 1. The maximum Gasteiger partial charge on any atom is 0.430 e. The lowest BCUT2D eigenvalue weighted by atomic mass is 9.48. The lowest BCUT2D eigenvalue weighted by Gasteiger charge is -2.57. The van der Waals surface area contributed by atoms with E-state index in [1.54, 1.807) is 0 Å². The van der Waals surface area contributed by atoms with Crippen molar-refractivity contribution in [3.8, 4) is 0 Å². The normalized spacial score (nSPS) is 49.2. The highest BCUT2D eigenvalue weighted by Gasteiger charge is 2.74. The van der Waals surface area contributed by atoms with Gasteiger partial charge in [-0.25, -0.2) is 0 Å². The molecule has 6 aliphatic carbocycles. The Bertz CT molecular complexity index is 873. The lowest BCUT2D eigenvalue weighted by Crippen LogP contribution is -2.52. The Morgan fingerprint density at radius 3 is 2.42 bits per heavy atom. The Morgan fingerprint density at radius 2 is 1.73 bits per heavy atom. The highest BCUT2D eigenvalue weighted by molar-refractivity contribution is 5.91. The fourth-order valence-electron chi connectivity index (χ4n) is 9.37. The molecule has 0 heterocycles. The minimum atomic E-state index is -4.58. The molecule has 6 saturated carbocycles. The summed E-state index contributed by atoms with van der Waals surface area (Å²) in [5, 5.41) is 10.6. The predicted molar refractivity (Wildman–Crippen MR) is 120 cm³/mol. The number of aliphatic imine (C=N–C) groups is 1. The molecule has 33 heavy (non-hydrogen) atoms. The van der Waals surface area contributed by atoms with Gasteiger partial charge in [-0.2, -0.15) is 13.2 Å². The first kappa shape index (κ1) is 23.4. The van der Waals surface area contributed by atoms with Crippen LogP contribution in [0.1, 0.15) is 71.6 Å². The van der Waals surface area contributed by atoms with Gasteiger partial charge < -0.3 is 10.8 Å². The summed E-state index contributed by atoms with van der Waals surface area (Å²) in [7, 11) is 0. The van der Waals surface area contributed by atoms with Gasteiger partial charge in [-0.05, 0) is 112 Å². The maximum absolute atomic E-state index is 13.4. The molecule has 184 valence electrons. The van der Waals surface area contributed by atoms with Crippen LogP contribution in [0.2, 0.25) is 0 Å². The van der Waals surface area contributed by atoms with E-state index in [1.807, 2.05) is 6.92 Å². The van der Waals surface area contributed by atoms with Crippen LogP contribution in [0.15, 0.2) is 16.8 Å². The minimum Gasteiger partial charge on any atom is -0.395 e.